The van der Waals surface area contributed by atoms with Gasteiger partial charge in [-0.25, -0.2) is 4.39 Å². The summed E-state index contributed by atoms with van der Waals surface area (Å²) >= 11 is 10.8. The molecule has 0 heterocycles. The predicted octanol–water partition coefficient (Wildman–Crippen LogP) is 3.87. The minimum Gasteiger partial charge on any atom is -0.378 e. The quantitative estimate of drug-likeness (QED) is 0.499. The summed E-state index contributed by atoms with van der Waals surface area (Å²) in [6.45, 7) is 0. The molecule has 7 heteroatoms. The number of hydrogen-bond acceptors (Lipinski definition) is 3. The minimum atomic E-state index is -0.477. The average Bonchev–Trinajstić information content (AvgIpc) is 2.51. The van der Waals surface area contributed by atoms with Crippen LogP contribution in [0.15, 0.2) is 47.6 Å². The molecule has 4 nitrogen and oxygen atoms in total. The van der Waals surface area contributed by atoms with Crippen molar-refractivity contribution in [3.05, 3.63) is 58.9 Å². The van der Waals surface area contributed by atoms with Crippen LogP contribution in [0.4, 0.5) is 15.8 Å². The van der Waals surface area contributed by atoms with Gasteiger partial charge in [0.15, 0.2) is 5.11 Å². The summed E-state index contributed by atoms with van der Waals surface area (Å²) in [6.07, 6.45) is 1.66. The molecule has 0 spiro atoms. The van der Waals surface area contributed by atoms with Crippen LogP contribution in [-0.2, 0) is 0 Å². The van der Waals surface area contributed by atoms with E-state index in [1.54, 1.807) is 12.3 Å². The highest BCUT2D eigenvalue weighted by atomic mass is 35.5. The number of benzene rings is 2. The van der Waals surface area contributed by atoms with Crippen LogP contribution in [0, 0.1) is 5.82 Å². The van der Waals surface area contributed by atoms with Crippen LogP contribution in [-0.4, -0.2) is 25.4 Å². The van der Waals surface area contributed by atoms with Crippen LogP contribution in [0.3, 0.4) is 0 Å². The van der Waals surface area contributed by atoms with E-state index >= 15 is 0 Å². The smallest absolute Gasteiger partial charge is 0.191 e. The van der Waals surface area contributed by atoms with Gasteiger partial charge in [0.25, 0.3) is 0 Å². The van der Waals surface area contributed by atoms with E-state index in [1.165, 1.54) is 12.1 Å². The molecule has 0 aromatic heterocycles. The number of nitrogens with one attached hydrogen (secondary N) is 2. The van der Waals surface area contributed by atoms with E-state index < -0.39 is 5.82 Å². The monoisotopic (exact) mass is 350 g/mol. The van der Waals surface area contributed by atoms with Crippen molar-refractivity contribution in [2.75, 3.05) is 24.3 Å². The van der Waals surface area contributed by atoms with Gasteiger partial charge in [0.2, 0.25) is 0 Å². The lowest BCUT2D eigenvalue weighted by atomic mass is 10.2. The molecular formula is C16H16ClFN4S. The van der Waals surface area contributed by atoms with E-state index in [2.05, 4.69) is 15.8 Å². The molecular weight excluding hydrogens is 335 g/mol. The molecule has 0 fully saturated rings. The lowest BCUT2D eigenvalue weighted by Gasteiger charge is -2.11. The van der Waals surface area contributed by atoms with Gasteiger partial charge in [0, 0.05) is 25.5 Å². The summed E-state index contributed by atoms with van der Waals surface area (Å²) < 4.78 is 13.1. The molecule has 0 bridgehead atoms. The van der Waals surface area contributed by atoms with Gasteiger partial charge < -0.3 is 10.2 Å². The van der Waals surface area contributed by atoms with Gasteiger partial charge in [-0.05, 0) is 48.1 Å². The Balaban J connectivity index is 1.89. The van der Waals surface area contributed by atoms with E-state index in [9.17, 15) is 4.39 Å². The fraction of sp³-hybridized carbons (Fsp3) is 0.125. The Morgan fingerprint density at radius 1 is 1.22 bits per heavy atom. The average molecular weight is 351 g/mol. The molecule has 2 aromatic carbocycles. The molecule has 0 radical (unpaired) electrons. The van der Waals surface area contributed by atoms with Gasteiger partial charge >= 0.3 is 0 Å². The Morgan fingerprint density at radius 3 is 2.52 bits per heavy atom. The van der Waals surface area contributed by atoms with E-state index in [0.29, 0.717) is 5.69 Å². The molecule has 0 saturated carbocycles. The standard InChI is InChI=1S/C16H16ClFN4S/c1-22(2)13-6-3-11(4-7-13)10-19-21-16(23)20-12-5-8-15(18)14(17)9-12/h3-10H,1-2H3,(H2,20,21,23)/b19-10+. The Bertz CT molecular complexity index is 717. The molecule has 2 rings (SSSR count). The van der Waals surface area contributed by atoms with Gasteiger partial charge in [-0.1, -0.05) is 23.7 Å². The first-order chi connectivity index (χ1) is 11.0. The van der Waals surface area contributed by atoms with Gasteiger partial charge in [0.1, 0.15) is 5.82 Å². The van der Waals surface area contributed by atoms with Crippen LogP contribution < -0.4 is 15.6 Å². The number of anilines is 2. The summed E-state index contributed by atoms with van der Waals surface area (Å²) in [5, 5.41) is 7.24. The third kappa shape index (κ3) is 5.19. The SMILES string of the molecule is CN(C)c1ccc(/C=N/NC(=S)Nc2ccc(F)c(Cl)c2)cc1. The Labute approximate surface area is 145 Å². The first-order valence-electron chi connectivity index (χ1n) is 6.78. The van der Waals surface area contributed by atoms with Gasteiger partial charge in [-0.2, -0.15) is 5.10 Å². The number of nitrogens with zero attached hydrogens (tertiary/aromatic N) is 2. The minimum absolute atomic E-state index is 0.0299. The molecule has 23 heavy (non-hydrogen) atoms. The molecule has 120 valence electrons. The molecule has 0 atom stereocenters. The Morgan fingerprint density at radius 2 is 1.91 bits per heavy atom. The maximum atomic E-state index is 13.1. The number of rotatable bonds is 4. The van der Waals surface area contributed by atoms with Crippen LogP contribution in [0.1, 0.15) is 5.56 Å². The Kier molecular flexibility index (Phi) is 5.90. The lowest BCUT2D eigenvalue weighted by molar-refractivity contribution is 0.628. The summed E-state index contributed by atoms with van der Waals surface area (Å²) in [5.41, 5.74) is 5.33. The fourth-order valence-corrected chi connectivity index (χ4v) is 2.11. The van der Waals surface area contributed by atoms with E-state index in [0.717, 1.165) is 11.3 Å². The van der Waals surface area contributed by atoms with Gasteiger partial charge in [0.05, 0.1) is 11.2 Å². The maximum Gasteiger partial charge on any atom is 0.191 e. The zero-order valence-electron chi connectivity index (χ0n) is 12.7. The van der Waals surface area contributed by atoms with Crippen LogP contribution in [0.25, 0.3) is 0 Å². The maximum absolute atomic E-state index is 13.1. The molecule has 0 unspecified atom stereocenters. The second-order valence-corrected chi connectivity index (χ2v) is 5.75. The van der Waals surface area contributed by atoms with Crippen molar-refractivity contribution in [2.24, 2.45) is 5.10 Å². The second-order valence-electron chi connectivity index (χ2n) is 4.94. The van der Waals surface area contributed by atoms with Crippen molar-refractivity contribution in [3.8, 4) is 0 Å². The van der Waals surface area contributed by atoms with Crippen molar-refractivity contribution in [1.29, 1.82) is 0 Å². The first-order valence-corrected chi connectivity index (χ1v) is 7.57. The predicted molar refractivity (Wildman–Crippen MR) is 99.1 cm³/mol. The number of hydrogen-bond donors (Lipinski definition) is 2. The number of thiocarbonyl (C=S) groups is 1. The largest absolute Gasteiger partial charge is 0.378 e. The zero-order valence-corrected chi connectivity index (χ0v) is 14.2. The van der Waals surface area contributed by atoms with E-state index in [4.69, 9.17) is 23.8 Å². The lowest BCUT2D eigenvalue weighted by Crippen LogP contribution is -2.23. The molecule has 0 aliphatic rings. The van der Waals surface area contributed by atoms with Crippen LogP contribution in [0.2, 0.25) is 5.02 Å². The summed E-state index contributed by atoms with van der Waals surface area (Å²) in [5.74, 6) is -0.477. The molecule has 0 saturated heterocycles. The summed E-state index contributed by atoms with van der Waals surface area (Å²) in [4.78, 5) is 2.02. The molecule has 0 aliphatic heterocycles. The third-order valence-electron chi connectivity index (χ3n) is 2.97. The number of hydrazone groups is 1. The second kappa shape index (κ2) is 7.89. The van der Waals surface area contributed by atoms with Crippen molar-refractivity contribution >= 4 is 46.5 Å². The normalized spacial score (nSPS) is 10.6. The molecule has 2 N–H and O–H groups in total. The van der Waals surface area contributed by atoms with Crippen molar-refractivity contribution < 1.29 is 4.39 Å². The van der Waals surface area contributed by atoms with Crippen LogP contribution >= 0.6 is 23.8 Å². The van der Waals surface area contributed by atoms with Gasteiger partial charge in [-0.15, -0.1) is 0 Å². The van der Waals surface area contributed by atoms with Crippen molar-refractivity contribution in [2.45, 2.75) is 0 Å². The highest BCUT2D eigenvalue weighted by Crippen LogP contribution is 2.19. The third-order valence-corrected chi connectivity index (χ3v) is 3.45. The summed E-state index contributed by atoms with van der Waals surface area (Å²) in [7, 11) is 3.97. The van der Waals surface area contributed by atoms with E-state index in [-0.39, 0.29) is 10.1 Å². The van der Waals surface area contributed by atoms with E-state index in [1.807, 2.05) is 43.3 Å². The van der Waals surface area contributed by atoms with Crippen molar-refractivity contribution in [3.63, 3.8) is 0 Å². The summed E-state index contributed by atoms with van der Waals surface area (Å²) in [6, 6.07) is 12.2. The highest BCUT2D eigenvalue weighted by molar-refractivity contribution is 7.80. The Hall–Kier alpha value is -2.18. The highest BCUT2D eigenvalue weighted by Gasteiger charge is 2.02. The number of halogens is 2. The topological polar surface area (TPSA) is 39.7 Å². The fourth-order valence-electron chi connectivity index (χ4n) is 1.76. The molecule has 0 amide bonds. The zero-order chi connectivity index (χ0) is 16.8. The molecule has 2 aromatic rings. The van der Waals surface area contributed by atoms with Crippen molar-refractivity contribution in [1.82, 2.24) is 5.43 Å². The van der Waals surface area contributed by atoms with Gasteiger partial charge in [-0.3, -0.25) is 5.43 Å². The van der Waals surface area contributed by atoms with Crippen LogP contribution in [0.5, 0.6) is 0 Å². The first kappa shape index (κ1) is 17.2. The molecule has 0 aliphatic carbocycles.